The number of aliphatic hydroxyl groups is 5. The van der Waals surface area contributed by atoms with Gasteiger partial charge in [0.1, 0.15) is 24.1 Å². The van der Waals surface area contributed by atoms with Gasteiger partial charge in [0, 0.05) is 0 Å². The van der Waals surface area contributed by atoms with Gasteiger partial charge in [-0.2, -0.15) is 0 Å². The lowest BCUT2D eigenvalue weighted by Gasteiger charge is -2.22. The number of carbonyl (C=O) groups excluding carboxylic acids is 1. The Balaban J connectivity index is 5.03. The average Bonchev–Trinajstić information content (AvgIpc) is 2.32. The van der Waals surface area contributed by atoms with E-state index < -0.39 is 35.6 Å². The monoisotopic (exact) mass is 260 g/mol. The molecule has 0 unspecified atom stereocenters. The first-order valence-corrected chi connectivity index (χ1v) is 5.42. The number of rotatable bonds is 5. The fraction of sp³-hybridized carbons (Fsp3) is 0.583. The van der Waals surface area contributed by atoms with Gasteiger partial charge in [-0.15, -0.1) is 0 Å². The second-order valence-corrected chi connectivity index (χ2v) is 4.48. The summed E-state index contributed by atoms with van der Waals surface area (Å²) in [6.45, 7) is 5.90. The van der Waals surface area contributed by atoms with E-state index in [0.717, 1.165) is 0 Å². The Morgan fingerprint density at radius 2 is 1.28 bits per heavy atom. The number of ketones is 1. The first-order chi connectivity index (χ1) is 8.11. The molecule has 0 saturated carbocycles. The molecule has 0 spiro atoms. The van der Waals surface area contributed by atoms with E-state index in [0.29, 0.717) is 5.57 Å². The second kappa shape index (κ2) is 6.53. The summed E-state index contributed by atoms with van der Waals surface area (Å²) in [5.74, 6) is -2.31. The fourth-order valence-electron chi connectivity index (χ4n) is 1.17. The van der Waals surface area contributed by atoms with E-state index in [1.165, 1.54) is 27.7 Å². The van der Waals surface area contributed by atoms with Crippen molar-refractivity contribution < 1.29 is 30.3 Å². The minimum absolute atomic E-state index is 0.271. The molecular weight excluding hydrogens is 240 g/mol. The van der Waals surface area contributed by atoms with E-state index >= 15 is 0 Å². The zero-order valence-corrected chi connectivity index (χ0v) is 10.9. The average molecular weight is 260 g/mol. The molecule has 3 atom stereocenters. The van der Waals surface area contributed by atoms with Crippen LogP contribution in [0, 0.1) is 0 Å². The molecule has 0 aromatic heterocycles. The van der Waals surface area contributed by atoms with E-state index in [9.17, 15) is 30.3 Å². The van der Waals surface area contributed by atoms with Gasteiger partial charge in [0.15, 0.2) is 5.76 Å². The van der Waals surface area contributed by atoms with Crippen molar-refractivity contribution in [1.82, 2.24) is 0 Å². The van der Waals surface area contributed by atoms with Crippen molar-refractivity contribution in [3.8, 4) is 0 Å². The lowest BCUT2D eigenvalue weighted by atomic mass is 9.99. The molecule has 6 heteroatoms. The maximum absolute atomic E-state index is 11.5. The highest BCUT2D eigenvalue weighted by molar-refractivity contribution is 5.97. The molecule has 6 nitrogen and oxygen atoms in total. The summed E-state index contributed by atoms with van der Waals surface area (Å²) < 4.78 is 0. The molecule has 0 aliphatic rings. The minimum atomic E-state index is -2.02. The minimum Gasteiger partial charge on any atom is -0.510 e. The Hall–Kier alpha value is -1.37. The molecule has 0 saturated heterocycles. The zero-order chi connectivity index (χ0) is 14.6. The molecule has 0 radical (unpaired) electrons. The van der Waals surface area contributed by atoms with Crippen molar-refractivity contribution in [1.29, 1.82) is 0 Å². The van der Waals surface area contributed by atoms with E-state index in [1.807, 2.05) is 0 Å². The number of Topliss-reactive ketones (excluding diaryl/α,β-unsaturated/α-hetero) is 1. The van der Waals surface area contributed by atoms with Gasteiger partial charge in [-0.05, 0) is 38.8 Å². The van der Waals surface area contributed by atoms with Crippen LogP contribution in [0.4, 0.5) is 0 Å². The Morgan fingerprint density at radius 1 is 0.833 bits per heavy atom. The molecule has 0 amide bonds. The fourth-order valence-corrected chi connectivity index (χ4v) is 1.17. The van der Waals surface area contributed by atoms with Crippen molar-refractivity contribution in [2.75, 3.05) is 0 Å². The quantitative estimate of drug-likeness (QED) is 0.359. The van der Waals surface area contributed by atoms with Gasteiger partial charge in [-0.25, -0.2) is 0 Å². The molecular formula is C12H20O6. The summed E-state index contributed by atoms with van der Waals surface area (Å²) in [7, 11) is 0. The standard InChI is InChI=1S/C12H20O6/c1-5(2)7(13)9(15)11(17)12(18)10(16)8(14)6(3)4/h9,11-15,17-18H,1-4H3/t9-,11+,12-/m1/s1. The number of allylic oxidation sites excluding steroid dienone is 2. The van der Waals surface area contributed by atoms with Crippen LogP contribution in [-0.4, -0.2) is 49.6 Å². The van der Waals surface area contributed by atoms with E-state index in [1.54, 1.807) is 0 Å². The van der Waals surface area contributed by atoms with Crippen molar-refractivity contribution in [3.63, 3.8) is 0 Å². The SMILES string of the molecule is CC(C)=C(O)C(=O)[C@@H](O)[C@@H](O)[C@H](O)C(O)=C(C)C. The summed E-state index contributed by atoms with van der Waals surface area (Å²) in [5, 5.41) is 47.4. The molecule has 5 N–H and O–H groups in total. The molecule has 0 rings (SSSR count). The third kappa shape index (κ3) is 3.83. The van der Waals surface area contributed by atoms with Gasteiger partial charge >= 0.3 is 0 Å². The number of aliphatic hydroxyl groups excluding tert-OH is 5. The van der Waals surface area contributed by atoms with Gasteiger partial charge in [-0.1, -0.05) is 0 Å². The van der Waals surface area contributed by atoms with E-state index in [4.69, 9.17) is 0 Å². The number of hydrogen-bond acceptors (Lipinski definition) is 6. The van der Waals surface area contributed by atoms with Crippen LogP contribution in [0.1, 0.15) is 27.7 Å². The van der Waals surface area contributed by atoms with Crippen molar-refractivity contribution >= 4 is 5.78 Å². The Labute approximate surface area is 106 Å². The van der Waals surface area contributed by atoms with Gasteiger partial charge in [-0.3, -0.25) is 4.79 Å². The third-order valence-corrected chi connectivity index (χ3v) is 2.42. The van der Waals surface area contributed by atoms with E-state index in [-0.39, 0.29) is 5.57 Å². The summed E-state index contributed by atoms with van der Waals surface area (Å²) in [4.78, 5) is 11.5. The zero-order valence-electron chi connectivity index (χ0n) is 10.9. The molecule has 0 fully saturated rings. The van der Waals surface area contributed by atoms with Crippen LogP contribution in [0.3, 0.4) is 0 Å². The summed E-state index contributed by atoms with van der Waals surface area (Å²) in [5.41, 5.74) is 0.611. The predicted octanol–water partition coefficient (Wildman–Crippen LogP) is 0.342. The molecule has 0 aliphatic heterocycles. The van der Waals surface area contributed by atoms with Gasteiger partial charge < -0.3 is 25.5 Å². The largest absolute Gasteiger partial charge is 0.510 e. The molecule has 0 bridgehead atoms. The lowest BCUT2D eigenvalue weighted by Crippen LogP contribution is -2.44. The molecule has 0 heterocycles. The second-order valence-electron chi connectivity index (χ2n) is 4.48. The van der Waals surface area contributed by atoms with Crippen LogP contribution < -0.4 is 0 Å². The number of carbonyl (C=O) groups is 1. The highest BCUT2D eigenvalue weighted by atomic mass is 16.4. The Morgan fingerprint density at radius 3 is 1.61 bits per heavy atom. The number of hydrogen-bond donors (Lipinski definition) is 5. The van der Waals surface area contributed by atoms with Gasteiger partial charge in [0.25, 0.3) is 0 Å². The molecule has 104 valence electrons. The Kier molecular flexibility index (Phi) is 6.04. The maximum atomic E-state index is 11.5. The van der Waals surface area contributed by atoms with Crippen LogP contribution in [0.15, 0.2) is 22.7 Å². The topological polar surface area (TPSA) is 118 Å². The van der Waals surface area contributed by atoms with Crippen LogP contribution in [0.5, 0.6) is 0 Å². The van der Waals surface area contributed by atoms with Gasteiger partial charge in [0.2, 0.25) is 5.78 Å². The van der Waals surface area contributed by atoms with Gasteiger partial charge in [0.05, 0.1) is 0 Å². The van der Waals surface area contributed by atoms with Crippen LogP contribution in [-0.2, 0) is 4.79 Å². The van der Waals surface area contributed by atoms with Crippen molar-refractivity contribution in [2.24, 2.45) is 0 Å². The third-order valence-electron chi connectivity index (χ3n) is 2.42. The highest BCUT2D eigenvalue weighted by Gasteiger charge is 2.34. The van der Waals surface area contributed by atoms with Crippen LogP contribution in [0.2, 0.25) is 0 Å². The predicted molar refractivity (Wildman–Crippen MR) is 65.0 cm³/mol. The maximum Gasteiger partial charge on any atom is 0.228 e. The lowest BCUT2D eigenvalue weighted by molar-refractivity contribution is -0.136. The van der Waals surface area contributed by atoms with Crippen LogP contribution in [0.25, 0.3) is 0 Å². The molecule has 0 aromatic rings. The van der Waals surface area contributed by atoms with E-state index in [2.05, 4.69) is 0 Å². The van der Waals surface area contributed by atoms with Crippen LogP contribution >= 0.6 is 0 Å². The first-order valence-electron chi connectivity index (χ1n) is 5.42. The van der Waals surface area contributed by atoms with Crippen molar-refractivity contribution in [3.05, 3.63) is 22.7 Å². The molecule has 0 aromatic carbocycles. The first kappa shape index (κ1) is 16.6. The highest BCUT2D eigenvalue weighted by Crippen LogP contribution is 2.14. The molecule has 0 aliphatic carbocycles. The molecule has 18 heavy (non-hydrogen) atoms. The normalized spacial score (nSPS) is 15.5. The van der Waals surface area contributed by atoms with Crippen molar-refractivity contribution in [2.45, 2.75) is 46.0 Å². The Bertz CT molecular complexity index is 374. The summed E-state index contributed by atoms with van der Waals surface area (Å²) in [6.07, 6.45) is -5.73. The summed E-state index contributed by atoms with van der Waals surface area (Å²) in [6, 6.07) is 0. The summed E-state index contributed by atoms with van der Waals surface area (Å²) >= 11 is 0. The smallest absolute Gasteiger partial charge is 0.228 e.